The lowest BCUT2D eigenvalue weighted by Crippen LogP contribution is -2.53. The monoisotopic (exact) mass is 703 g/mol. The van der Waals surface area contributed by atoms with Gasteiger partial charge in [0.2, 0.25) is 11.8 Å². The lowest BCUT2D eigenvalue weighted by Gasteiger charge is -2.34. The molecule has 4 rings (SSSR count). The fraction of sp³-hybridized carbons (Fsp3) is 0.355. The van der Waals surface area contributed by atoms with Crippen LogP contribution in [0.2, 0.25) is 15.1 Å². The lowest BCUT2D eigenvalue weighted by molar-refractivity contribution is -0.140. The van der Waals surface area contributed by atoms with Crippen LogP contribution in [-0.4, -0.2) is 43.8 Å². The molecule has 2 amide bonds. The quantitative estimate of drug-likeness (QED) is 0.222. The fourth-order valence-corrected chi connectivity index (χ4v) is 7.23. The standard InChI is InChI=1S/C31H31Cl3F3N3O4S/c1-2-28(30(42)38-21-8-6-7-9-21)39(18-20-12-14-26(33)27(34)16-20)29(41)19-40(45(43,44)23-10-4-3-5-11-23)22-13-15-25(32)24(17-22)31(35,36)37/h3-5,10-17,21,28H,2,6-9,18-19H2,1H3,(H,38,42). The van der Waals surface area contributed by atoms with Crippen molar-refractivity contribution in [2.24, 2.45) is 0 Å². The first-order valence-electron chi connectivity index (χ1n) is 14.2. The van der Waals surface area contributed by atoms with Crippen molar-refractivity contribution in [1.82, 2.24) is 10.2 Å². The third kappa shape index (κ3) is 8.44. The number of anilines is 1. The summed E-state index contributed by atoms with van der Waals surface area (Å²) < 4.78 is 69.9. The highest BCUT2D eigenvalue weighted by Crippen LogP contribution is 2.38. The number of benzene rings is 3. The predicted octanol–water partition coefficient (Wildman–Crippen LogP) is 7.73. The fourth-order valence-electron chi connectivity index (χ4n) is 5.26. The van der Waals surface area contributed by atoms with Crippen LogP contribution in [0.15, 0.2) is 71.6 Å². The summed E-state index contributed by atoms with van der Waals surface area (Å²) in [5.74, 6) is -1.24. The molecule has 0 aromatic heterocycles. The van der Waals surface area contributed by atoms with Gasteiger partial charge in [0.05, 0.1) is 31.2 Å². The molecule has 3 aromatic carbocycles. The molecule has 1 atom stereocenters. The first-order chi connectivity index (χ1) is 21.2. The third-order valence-corrected chi connectivity index (χ3v) is 10.4. The van der Waals surface area contributed by atoms with E-state index in [0.29, 0.717) is 15.9 Å². The molecule has 242 valence electrons. The van der Waals surface area contributed by atoms with Crippen molar-refractivity contribution in [3.05, 3.63) is 92.9 Å². The number of carbonyl (C=O) groups is 2. The average Bonchev–Trinajstić information content (AvgIpc) is 3.50. The predicted molar refractivity (Wildman–Crippen MR) is 169 cm³/mol. The van der Waals surface area contributed by atoms with E-state index in [0.717, 1.165) is 37.8 Å². The highest BCUT2D eigenvalue weighted by atomic mass is 35.5. The van der Waals surface area contributed by atoms with Crippen LogP contribution in [-0.2, 0) is 32.3 Å². The molecule has 14 heteroatoms. The van der Waals surface area contributed by atoms with Gasteiger partial charge in [-0.05, 0) is 67.3 Å². The second kappa shape index (κ2) is 14.6. The number of nitrogens with one attached hydrogen (secondary N) is 1. The summed E-state index contributed by atoms with van der Waals surface area (Å²) in [5, 5.41) is 2.84. The summed E-state index contributed by atoms with van der Waals surface area (Å²) in [5.41, 5.74) is -1.19. The Labute approximate surface area is 275 Å². The molecule has 1 aliphatic rings. The Morgan fingerprint density at radius 2 is 1.58 bits per heavy atom. The molecule has 45 heavy (non-hydrogen) atoms. The zero-order valence-corrected chi connectivity index (χ0v) is 27.2. The topological polar surface area (TPSA) is 86.8 Å². The zero-order valence-electron chi connectivity index (χ0n) is 24.2. The summed E-state index contributed by atoms with van der Waals surface area (Å²) >= 11 is 18.1. The van der Waals surface area contributed by atoms with Crippen molar-refractivity contribution in [1.29, 1.82) is 0 Å². The number of halogens is 6. The third-order valence-electron chi connectivity index (χ3n) is 7.58. The van der Waals surface area contributed by atoms with Gasteiger partial charge >= 0.3 is 6.18 Å². The van der Waals surface area contributed by atoms with E-state index in [2.05, 4.69) is 5.32 Å². The van der Waals surface area contributed by atoms with Crippen molar-refractivity contribution in [3.63, 3.8) is 0 Å². The molecule has 1 saturated carbocycles. The maximum absolute atomic E-state index is 14.2. The molecule has 1 unspecified atom stereocenters. The molecule has 0 heterocycles. The molecule has 1 N–H and O–H groups in total. The van der Waals surface area contributed by atoms with Gasteiger partial charge in [-0.15, -0.1) is 0 Å². The van der Waals surface area contributed by atoms with E-state index in [4.69, 9.17) is 34.8 Å². The van der Waals surface area contributed by atoms with Crippen LogP contribution in [0.25, 0.3) is 0 Å². The van der Waals surface area contributed by atoms with Crippen LogP contribution < -0.4 is 9.62 Å². The average molecular weight is 705 g/mol. The maximum atomic E-state index is 14.2. The number of alkyl halides is 3. The maximum Gasteiger partial charge on any atom is 0.417 e. The molecule has 0 spiro atoms. The summed E-state index contributed by atoms with van der Waals surface area (Å²) in [4.78, 5) is 28.7. The molecule has 3 aromatic rings. The van der Waals surface area contributed by atoms with Gasteiger partial charge in [0, 0.05) is 12.6 Å². The number of amides is 2. The van der Waals surface area contributed by atoms with Crippen LogP contribution in [0.5, 0.6) is 0 Å². The zero-order chi connectivity index (χ0) is 32.9. The number of rotatable bonds is 11. The number of nitrogens with zero attached hydrogens (tertiary/aromatic N) is 2. The Hall–Kier alpha value is -2.99. The van der Waals surface area contributed by atoms with Crippen LogP contribution in [0.1, 0.15) is 50.2 Å². The molecule has 0 bridgehead atoms. The summed E-state index contributed by atoms with van der Waals surface area (Å²) in [6.07, 6.45) is -1.21. The van der Waals surface area contributed by atoms with Crippen LogP contribution in [0.4, 0.5) is 18.9 Å². The first kappa shape index (κ1) is 34.9. The Morgan fingerprint density at radius 3 is 2.18 bits per heavy atom. The van der Waals surface area contributed by atoms with E-state index in [1.165, 1.54) is 41.3 Å². The van der Waals surface area contributed by atoms with Gasteiger partial charge in [-0.3, -0.25) is 13.9 Å². The van der Waals surface area contributed by atoms with Gasteiger partial charge in [-0.25, -0.2) is 8.42 Å². The normalized spacial score (nSPS) is 14.6. The first-order valence-corrected chi connectivity index (χ1v) is 16.8. The highest BCUT2D eigenvalue weighted by Gasteiger charge is 2.37. The Kier molecular flexibility index (Phi) is 11.3. The summed E-state index contributed by atoms with van der Waals surface area (Å²) in [6, 6.07) is 13.2. The molecule has 1 fully saturated rings. The largest absolute Gasteiger partial charge is 0.417 e. The minimum Gasteiger partial charge on any atom is -0.352 e. The van der Waals surface area contributed by atoms with E-state index >= 15 is 0 Å². The van der Waals surface area contributed by atoms with Crippen LogP contribution >= 0.6 is 34.8 Å². The second-order valence-electron chi connectivity index (χ2n) is 10.7. The van der Waals surface area contributed by atoms with E-state index in [1.807, 2.05) is 0 Å². The number of sulfonamides is 1. The molecular weight excluding hydrogens is 674 g/mol. The van der Waals surface area contributed by atoms with Crippen molar-refractivity contribution < 1.29 is 31.2 Å². The van der Waals surface area contributed by atoms with Gasteiger partial charge in [-0.2, -0.15) is 13.2 Å². The Balaban J connectivity index is 1.78. The van der Waals surface area contributed by atoms with Crippen LogP contribution in [0.3, 0.4) is 0 Å². The van der Waals surface area contributed by atoms with Crippen LogP contribution in [0, 0.1) is 0 Å². The van der Waals surface area contributed by atoms with Crippen molar-refractivity contribution in [2.45, 2.75) is 68.7 Å². The van der Waals surface area contributed by atoms with Gasteiger partial charge in [0.25, 0.3) is 10.0 Å². The molecular formula is C31H31Cl3F3N3O4S. The van der Waals surface area contributed by atoms with E-state index < -0.39 is 56.9 Å². The molecule has 1 aliphatic carbocycles. The van der Waals surface area contributed by atoms with Gasteiger partial charge in [-0.1, -0.05) is 78.8 Å². The van der Waals surface area contributed by atoms with E-state index in [1.54, 1.807) is 19.1 Å². The van der Waals surface area contributed by atoms with Gasteiger partial charge < -0.3 is 10.2 Å². The minimum absolute atomic E-state index is 0.0571. The van der Waals surface area contributed by atoms with Crippen molar-refractivity contribution in [2.75, 3.05) is 10.8 Å². The highest BCUT2D eigenvalue weighted by molar-refractivity contribution is 7.92. The minimum atomic E-state index is -4.90. The number of hydrogen-bond donors (Lipinski definition) is 1. The molecule has 0 aliphatic heterocycles. The van der Waals surface area contributed by atoms with Crippen molar-refractivity contribution >= 4 is 62.3 Å². The van der Waals surface area contributed by atoms with Crippen molar-refractivity contribution in [3.8, 4) is 0 Å². The lowest BCUT2D eigenvalue weighted by atomic mass is 10.1. The second-order valence-corrected chi connectivity index (χ2v) is 13.8. The SMILES string of the molecule is CCC(C(=O)NC1CCCC1)N(Cc1ccc(Cl)c(Cl)c1)C(=O)CN(c1ccc(Cl)c(C(F)(F)F)c1)S(=O)(=O)c1ccccc1. The summed E-state index contributed by atoms with van der Waals surface area (Å²) in [7, 11) is -4.58. The molecule has 0 radical (unpaired) electrons. The van der Waals surface area contributed by atoms with Gasteiger partial charge in [0.1, 0.15) is 12.6 Å². The van der Waals surface area contributed by atoms with Gasteiger partial charge in [0.15, 0.2) is 0 Å². The van der Waals surface area contributed by atoms with E-state index in [9.17, 15) is 31.2 Å². The van der Waals surface area contributed by atoms with E-state index in [-0.39, 0.29) is 33.9 Å². The number of carbonyl (C=O) groups excluding carboxylic acids is 2. The summed E-state index contributed by atoms with van der Waals surface area (Å²) in [6.45, 7) is 0.645. The number of hydrogen-bond acceptors (Lipinski definition) is 4. The molecule has 7 nitrogen and oxygen atoms in total. The smallest absolute Gasteiger partial charge is 0.352 e. The molecule has 0 saturated heterocycles. The Bertz CT molecular complexity index is 1640. The Morgan fingerprint density at radius 1 is 0.933 bits per heavy atom.